The quantitative estimate of drug-likeness (QED) is 0.763. The SMILES string of the molecule is Cc1c(Cl)cccc1C(=O)N(CCBr)C1CCC1. The van der Waals surface area contributed by atoms with Gasteiger partial charge in [-0.15, -0.1) is 0 Å². The molecule has 1 aromatic rings. The van der Waals surface area contributed by atoms with Crippen molar-refractivity contribution in [3.8, 4) is 0 Å². The van der Waals surface area contributed by atoms with Gasteiger partial charge in [0.25, 0.3) is 5.91 Å². The summed E-state index contributed by atoms with van der Waals surface area (Å²) >= 11 is 9.51. The largest absolute Gasteiger partial charge is 0.335 e. The van der Waals surface area contributed by atoms with Crippen molar-refractivity contribution in [2.45, 2.75) is 32.2 Å². The number of nitrogens with zero attached hydrogens (tertiary/aromatic N) is 1. The maximum absolute atomic E-state index is 12.6. The number of halogens is 2. The smallest absolute Gasteiger partial charge is 0.254 e. The van der Waals surface area contributed by atoms with Gasteiger partial charge in [0.1, 0.15) is 0 Å². The van der Waals surface area contributed by atoms with Crippen LogP contribution in [0.2, 0.25) is 5.02 Å². The lowest BCUT2D eigenvalue weighted by Gasteiger charge is -2.37. The lowest BCUT2D eigenvalue weighted by molar-refractivity contribution is 0.0599. The monoisotopic (exact) mass is 329 g/mol. The number of carbonyl (C=O) groups excluding carboxylic acids is 1. The Balaban J connectivity index is 2.24. The van der Waals surface area contributed by atoms with E-state index in [1.165, 1.54) is 6.42 Å². The first-order chi connectivity index (χ1) is 8.65. The number of rotatable bonds is 4. The molecule has 0 heterocycles. The van der Waals surface area contributed by atoms with E-state index in [0.29, 0.717) is 11.1 Å². The summed E-state index contributed by atoms with van der Waals surface area (Å²) in [7, 11) is 0. The number of amides is 1. The Bertz CT molecular complexity index is 445. The molecule has 0 aliphatic heterocycles. The second-order valence-electron chi connectivity index (χ2n) is 4.68. The molecule has 0 atom stereocenters. The van der Waals surface area contributed by atoms with E-state index in [0.717, 1.165) is 35.8 Å². The van der Waals surface area contributed by atoms with Crippen LogP contribution in [0, 0.1) is 6.92 Å². The third kappa shape index (κ3) is 2.72. The summed E-state index contributed by atoms with van der Waals surface area (Å²) in [6.45, 7) is 2.66. The van der Waals surface area contributed by atoms with Gasteiger partial charge in [0.15, 0.2) is 0 Å². The van der Waals surface area contributed by atoms with E-state index in [-0.39, 0.29) is 5.91 Å². The fourth-order valence-corrected chi connectivity index (χ4v) is 2.79. The van der Waals surface area contributed by atoms with Gasteiger partial charge in [-0.1, -0.05) is 33.6 Å². The highest BCUT2D eigenvalue weighted by Crippen LogP contribution is 2.28. The fraction of sp³-hybridized carbons (Fsp3) is 0.500. The van der Waals surface area contributed by atoms with Crippen LogP contribution in [0.4, 0.5) is 0 Å². The molecule has 1 aliphatic rings. The zero-order valence-corrected chi connectivity index (χ0v) is 12.8. The van der Waals surface area contributed by atoms with Gasteiger partial charge in [-0.05, 0) is 43.9 Å². The predicted molar refractivity (Wildman–Crippen MR) is 78.7 cm³/mol. The van der Waals surface area contributed by atoms with Gasteiger partial charge < -0.3 is 4.90 Å². The van der Waals surface area contributed by atoms with Crippen LogP contribution in [0.15, 0.2) is 18.2 Å². The standard InChI is InChI=1S/C14H17BrClNO/c1-10-12(6-3-7-13(10)16)14(18)17(9-8-15)11-4-2-5-11/h3,6-7,11H,2,4-5,8-9H2,1H3. The summed E-state index contributed by atoms with van der Waals surface area (Å²) in [4.78, 5) is 14.6. The summed E-state index contributed by atoms with van der Waals surface area (Å²) < 4.78 is 0. The maximum Gasteiger partial charge on any atom is 0.254 e. The maximum atomic E-state index is 12.6. The number of carbonyl (C=O) groups is 1. The van der Waals surface area contributed by atoms with E-state index in [2.05, 4.69) is 15.9 Å². The Morgan fingerprint density at radius 2 is 2.22 bits per heavy atom. The Morgan fingerprint density at radius 1 is 1.50 bits per heavy atom. The van der Waals surface area contributed by atoms with Crippen LogP contribution in [0.1, 0.15) is 35.2 Å². The molecule has 0 unspecified atom stereocenters. The molecule has 0 bridgehead atoms. The normalized spacial score (nSPS) is 15.3. The number of hydrogen-bond donors (Lipinski definition) is 0. The third-order valence-electron chi connectivity index (χ3n) is 3.60. The van der Waals surface area contributed by atoms with E-state index in [1.807, 2.05) is 30.0 Å². The minimum Gasteiger partial charge on any atom is -0.335 e. The summed E-state index contributed by atoms with van der Waals surface area (Å²) in [6.07, 6.45) is 3.47. The zero-order valence-electron chi connectivity index (χ0n) is 10.5. The van der Waals surface area contributed by atoms with Crippen molar-refractivity contribution in [3.63, 3.8) is 0 Å². The lowest BCUT2D eigenvalue weighted by Crippen LogP contribution is -2.45. The van der Waals surface area contributed by atoms with E-state index >= 15 is 0 Å². The first-order valence-corrected chi connectivity index (χ1v) is 7.77. The van der Waals surface area contributed by atoms with Crippen LogP contribution in [-0.4, -0.2) is 28.7 Å². The minimum atomic E-state index is 0.110. The van der Waals surface area contributed by atoms with Crippen molar-refractivity contribution in [1.29, 1.82) is 0 Å². The molecule has 2 rings (SSSR count). The summed E-state index contributed by atoms with van der Waals surface area (Å²) in [6, 6.07) is 5.94. The molecule has 1 fully saturated rings. The molecule has 0 aromatic heterocycles. The minimum absolute atomic E-state index is 0.110. The van der Waals surface area contributed by atoms with Gasteiger partial charge in [-0.3, -0.25) is 4.79 Å². The van der Waals surface area contributed by atoms with Gasteiger partial charge >= 0.3 is 0 Å². The molecule has 1 amide bonds. The predicted octanol–water partition coefficient (Wildman–Crippen LogP) is 4.04. The Hall–Kier alpha value is -0.540. The molecule has 0 radical (unpaired) electrons. The number of hydrogen-bond acceptors (Lipinski definition) is 1. The fourth-order valence-electron chi connectivity index (χ4n) is 2.23. The molecule has 2 nitrogen and oxygen atoms in total. The number of benzene rings is 1. The highest BCUT2D eigenvalue weighted by atomic mass is 79.9. The van der Waals surface area contributed by atoms with Crippen molar-refractivity contribution >= 4 is 33.4 Å². The molecule has 4 heteroatoms. The van der Waals surface area contributed by atoms with Crippen molar-refractivity contribution in [1.82, 2.24) is 4.90 Å². The Kier molecular flexibility index (Phi) is 4.68. The first kappa shape index (κ1) is 13.9. The lowest BCUT2D eigenvalue weighted by atomic mass is 9.90. The molecule has 1 saturated carbocycles. The topological polar surface area (TPSA) is 20.3 Å². The van der Waals surface area contributed by atoms with E-state index in [1.54, 1.807) is 0 Å². The molecule has 0 N–H and O–H groups in total. The first-order valence-electron chi connectivity index (χ1n) is 6.27. The highest BCUT2D eigenvalue weighted by molar-refractivity contribution is 9.09. The van der Waals surface area contributed by atoms with E-state index in [9.17, 15) is 4.79 Å². The van der Waals surface area contributed by atoms with Crippen LogP contribution in [0.3, 0.4) is 0 Å². The van der Waals surface area contributed by atoms with Crippen molar-refractivity contribution < 1.29 is 4.79 Å². The van der Waals surface area contributed by atoms with Gasteiger partial charge in [-0.25, -0.2) is 0 Å². The van der Waals surface area contributed by atoms with Crippen LogP contribution < -0.4 is 0 Å². The average molecular weight is 331 g/mol. The molecule has 1 aromatic carbocycles. The Labute approximate surface area is 121 Å². The zero-order chi connectivity index (χ0) is 13.1. The third-order valence-corrected chi connectivity index (χ3v) is 4.36. The van der Waals surface area contributed by atoms with Crippen LogP contribution >= 0.6 is 27.5 Å². The van der Waals surface area contributed by atoms with Crippen LogP contribution in [-0.2, 0) is 0 Å². The second kappa shape index (κ2) is 6.07. The van der Waals surface area contributed by atoms with Crippen LogP contribution in [0.25, 0.3) is 0 Å². The molecule has 18 heavy (non-hydrogen) atoms. The summed E-state index contributed by atoms with van der Waals surface area (Å²) in [5.74, 6) is 0.110. The van der Waals surface area contributed by atoms with Gasteiger partial charge in [-0.2, -0.15) is 0 Å². The van der Waals surface area contributed by atoms with Crippen molar-refractivity contribution in [2.75, 3.05) is 11.9 Å². The van der Waals surface area contributed by atoms with E-state index < -0.39 is 0 Å². The molecule has 0 saturated heterocycles. The summed E-state index contributed by atoms with van der Waals surface area (Å²) in [5.41, 5.74) is 1.61. The number of alkyl halides is 1. The van der Waals surface area contributed by atoms with Gasteiger partial charge in [0.2, 0.25) is 0 Å². The van der Waals surface area contributed by atoms with Crippen LogP contribution in [0.5, 0.6) is 0 Å². The van der Waals surface area contributed by atoms with Gasteiger partial charge in [0.05, 0.1) is 0 Å². The summed E-state index contributed by atoms with van der Waals surface area (Å²) in [5, 5.41) is 1.47. The van der Waals surface area contributed by atoms with E-state index in [4.69, 9.17) is 11.6 Å². The van der Waals surface area contributed by atoms with Crippen molar-refractivity contribution in [3.05, 3.63) is 34.3 Å². The van der Waals surface area contributed by atoms with Gasteiger partial charge in [0, 0.05) is 28.5 Å². The molecular formula is C14H17BrClNO. The molecular weight excluding hydrogens is 314 g/mol. The average Bonchev–Trinajstić information content (AvgIpc) is 2.29. The second-order valence-corrected chi connectivity index (χ2v) is 5.88. The van der Waals surface area contributed by atoms with Crippen molar-refractivity contribution in [2.24, 2.45) is 0 Å². The Morgan fingerprint density at radius 3 is 2.78 bits per heavy atom. The molecule has 0 spiro atoms. The molecule has 98 valence electrons. The highest BCUT2D eigenvalue weighted by Gasteiger charge is 2.29. The molecule has 1 aliphatic carbocycles.